The van der Waals surface area contributed by atoms with E-state index in [1.54, 1.807) is 0 Å². The molecule has 0 aromatic carbocycles. The predicted molar refractivity (Wildman–Crippen MR) is 43.6 cm³/mol. The first-order valence-corrected chi connectivity index (χ1v) is 4.36. The summed E-state index contributed by atoms with van der Waals surface area (Å²) in [6.07, 6.45) is 0. The minimum absolute atomic E-state index is 0.625. The van der Waals surface area contributed by atoms with Gasteiger partial charge in [0.25, 0.3) is 0 Å². The molecule has 0 bridgehead atoms. The van der Waals surface area contributed by atoms with Crippen molar-refractivity contribution in [3.8, 4) is 0 Å². The second-order valence-corrected chi connectivity index (χ2v) is 3.62. The van der Waals surface area contributed by atoms with E-state index in [-0.39, 0.29) is 0 Å². The molecule has 2 heterocycles. The van der Waals surface area contributed by atoms with Crippen LogP contribution in [0.2, 0.25) is 0 Å². The molecule has 2 fully saturated rings. The first-order valence-electron chi connectivity index (χ1n) is 4.36. The molecule has 0 radical (unpaired) electrons. The smallest absolute Gasteiger partial charge is 0.0623 e. The first kappa shape index (κ1) is 7.53. The van der Waals surface area contributed by atoms with Crippen LogP contribution in [-0.2, 0) is 4.74 Å². The van der Waals surface area contributed by atoms with E-state index in [2.05, 4.69) is 17.3 Å². The third-order valence-corrected chi connectivity index (χ3v) is 2.61. The van der Waals surface area contributed by atoms with Gasteiger partial charge in [0.2, 0.25) is 0 Å². The lowest BCUT2D eigenvalue weighted by atomic mass is 9.92. The van der Waals surface area contributed by atoms with Gasteiger partial charge in [-0.2, -0.15) is 0 Å². The Hall–Kier alpha value is -0.120. The van der Waals surface area contributed by atoms with Gasteiger partial charge in [0, 0.05) is 31.6 Å². The molecule has 0 amide bonds. The molecule has 2 saturated heterocycles. The highest BCUT2D eigenvalue weighted by molar-refractivity contribution is 4.88. The maximum atomic E-state index is 5.39. The molecular weight excluding hydrogens is 140 g/mol. The number of hydrogen-bond donors (Lipinski definition) is 1. The average molecular weight is 156 g/mol. The predicted octanol–water partition coefficient (Wildman–Crippen LogP) is -0.464. The minimum Gasteiger partial charge on any atom is -0.379 e. The zero-order valence-corrected chi connectivity index (χ0v) is 7.05. The first-order chi connectivity index (χ1) is 5.36. The fraction of sp³-hybridized carbons (Fsp3) is 1.00. The minimum atomic E-state index is 0.625. The molecule has 0 aromatic rings. The van der Waals surface area contributed by atoms with Gasteiger partial charge in [0.05, 0.1) is 13.2 Å². The van der Waals surface area contributed by atoms with Gasteiger partial charge in [0.1, 0.15) is 0 Å². The molecule has 1 N–H and O–H groups in total. The van der Waals surface area contributed by atoms with E-state index >= 15 is 0 Å². The average Bonchev–Trinajstić information content (AvgIpc) is 2.01. The highest BCUT2D eigenvalue weighted by Crippen LogP contribution is 2.18. The molecule has 1 unspecified atom stereocenters. The standard InChI is InChI=1S/C8H16N2O/c1-10-4-7(5-10)8-6-11-3-2-9-8/h7-9H,2-6H2,1H3. The fourth-order valence-corrected chi connectivity index (χ4v) is 1.89. The van der Waals surface area contributed by atoms with E-state index in [9.17, 15) is 0 Å². The topological polar surface area (TPSA) is 24.5 Å². The zero-order chi connectivity index (χ0) is 7.68. The summed E-state index contributed by atoms with van der Waals surface area (Å²) in [5.74, 6) is 0.834. The highest BCUT2D eigenvalue weighted by atomic mass is 16.5. The van der Waals surface area contributed by atoms with E-state index in [0.717, 1.165) is 25.7 Å². The summed E-state index contributed by atoms with van der Waals surface area (Å²) in [7, 11) is 2.17. The molecule has 2 rings (SSSR count). The summed E-state index contributed by atoms with van der Waals surface area (Å²) >= 11 is 0. The third-order valence-electron chi connectivity index (χ3n) is 2.61. The van der Waals surface area contributed by atoms with Crippen molar-refractivity contribution < 1.29 is 4.74 Å². The zero-order valence-electron chi connectivity index (χ0n) is 7.05. The van der Waals surface area contributed by atoms with E-state index in [1.165, 1.54) is 13.1 Å². The summed E-state index contributed by atoms with van der Waals surface area (Å²) in [4.78, 5) is 2.35. The van der Waals surface area contributed by atoms with Gasteiger partial charge in [-0.05, 0) is 7.05 Å². The van der Waals surface area contributed by atoms with Gasteiger partial charge in [-0.15, -0.1) is 0 Å². The van der Waals surface area contributed by atoms with Crippen molar-refractivity contribution in [1.29, 1.82) is 0 Å². The normalized spacial score (nSPS) is 35.2. The number of hydrogen-bond acceptors (Lipinski definition) is 3. The Morgan fingerprint density at radius 2 is 2.27 bits per heavy atom. The largest absolute Gasteiger partial charge is 0.379 e. The van der Waals surface area contributed by atoms with Crippen molar-refractivity contribution in [2.45, 2.75) is 6.04 Å². The van der Waals surface area contributed by atoms with Crippen molar-refractivity contribution in [1.82, 2.24) is 10.2 Å². The number of rotatable bonds is 1. The Morgan fingerprint density at radius 3 is 2.82 bits per heavy atom. The van der Waals surface area contributed by atoms with Crippen LogP contribution in [0.25, 0.3) is 0 Å². The van der Waals surface area contributed by atoms with Gasteiger partial charge in [0.15, 0.2) is 0 Å². The molecule has 1 atom stereocenters. The lowest BCUT2D eigenvalue weighted by Gasteiger charge is -2.42. The molecule has 0 aromatic heterocycles. The quantitative estimate of drug-likeness (QED) is 0.556. The number of ether oxygens (including phenoxy) is 1. The van der Waals surface area contributed by atoms with Gasteiger partial charge in [-0.3, -0.25) is 0 Å². The third kappa shape index (κ3) is 1.55. The van der Waals surface area contributed by atoms with Crippen molar-refractivity contribution in [3.63, 3.8) is 0 Å². The molecule has 2 aliphatic heterocycles. The molecular formula is C8H16N2O. The number of nitrogens with zero attached hydrogens (tertiary/aromatic N) is 1. The Bertz CT molecular complexity index is 128. The highest BCUT2D eigenvalue weighted by Gasteiger charge is 2.31. The molecule has 0 spiro atoms. The SMILES string of the molecule is CN1CC(C2COCCN2)C1. The molecule has 64 valence electrons. The molecule has 0 saturated carbocycles. The Balaban J connectivity index is 1.76. The summed E-state index contributed by atoms with van der Waals surface area (Å²) in [6, 6.07) is 0.625. The van der Waals surface area contributed by atoms with Crippen LogP contribution in [-0.4, -0.2) is 50.8 Å². The van der Waals surface area contributed by atoms with Crippen molar-refractivity contribution in [2.24, 2.45) is 5.92 Å². The van der Waals surface area contributed by atoms with Gasteiger partial charge in [-0.1, -0.05) is 0 Å². The van der Waals surface area contributed by atoms with Crippen LogP contribution in [0.1, 0.15) is 0 Å². The maximum Gasteiger partial charge on any atom is 0.0623 e. The van der Waals surface area contributed by atoms with Crippen LogP contribution in [0.15, 0.2) is 0 Å². The second kappa shape index (κ2) is 3.09. The Labute approximate surface area is 67.7 Å². The van der Waals surface area contributed by atoms with Crippen LogP contribution in [0.3, 0.4) is 0 Å². The molecule has 2 aliphatic rings. The van der Waals surface area contributed by atoms with E-state index in [4.69, 9.17) is 4.74 Å². The number of morpholine rings is 1. The lowest BCUT2D eigenvalue weighted by Crippen LogP contribution is -2.57. The van der Waals surface area contributed by atoms with Crippen LogP contribution in [0.5, 0.6) is 0 Å². The second-order valence-electron chi connectivity index (χ2n) is 3.62. The molecule has 3 nitrogen and oxygen atoms in total. The van der Waals surface area contributed by atoms with E-state index in [0.29, 0.717) is 6.04 Å². The van der Waals surface area contributed by atoms with Crippen molar-refractivity contribution in [3.05, 3.63) is 0 Å². The van der Waals surface area contributed by atoms with Gasteiger partial charge < -0.3 is 15.0 Å². The van der Waals surface area contributed by atoms with Crippen LogP contribution >= 0.6 is 0 Å². The summed E-state index contributed by atoms with van der Waals surface area (Å²) < 4.78 is 5.39. The van der Waals surface area contributed by atoms with Crippen LogP contribution in [0.4, 0.5) is 0 Å². The molecule has 0 aliphatic carbocycles. The maximum absolute atomic E-state index is 5.39. The lowest BCUT2D eigenvalue weighted by molar-refractivity contribution is 0.0124. The molecule has 3 heteroatoms. The van der Waals surface area contributed by atoms with Gasteiger partial charge in [-0.25, -0.2) is 0 Å². The van der Waals surface area contributed by atoms with E-state index < -0.39 is 0 Å². The summed E-state index contributed by atoms with van der Waals surface area (Å²) in [5, 5.41) is 3.49. The summed E-state index contributed by atoms with van der Waals surface area (Å²) in [6.45, 7) is 5.31. The Morgan fingerprint density at radius 1 is 1.45 bits per heavy atom. The monoisotopic (exact) mass is 156 g/mol. The van der Waals surface area contributed by atoms with Crippen molar-refractivity contribution >= 4 is 0 Å². The van der Waals surface area contributed by atoms with E-state index in [1.807, 2.05) is 0 Å². The van der Waals surface area contributed by atoms with Crippen molar-refractivity contribution in [2.75, 3.05) is 39.9 Å². The Kier molecular flexibility index (Phi) is 2.11. The fourth-order valence-electron chi connectivity index (χ4n) is 1.89. The number of nitrogens with one attached hydrogen (secondary N) is 1. The van der Waals surface area contributed by atoms with Crippen LogP contribution in [0, 0.1) is 5.92 Å². The molecule has 11 heavy (non-hydrogen) atoms. The van der Waals surface area contributed by atoms with Crippen LogP contribution < -0.4 is 5.32 Å². The summed E-state index contributed by atoms with van der Waals surface area (Å²) in [5.41, 5.74) is 0. The number of likely N-dealkylation sites (tertiary alicyclic amines) is 1. The van der Waals surface area contributed by atoms with Gasteiger partial charge >= 0.3 is 0 Å².